The second kappa shape index (κ2) is 4.53. The lowest BCUT2D eigenvalue weighted by molar-refractivity contribution is -0.793. The Hall–Kier alpha value is -1.93. The summed E-state index contributed by atoms with van der Waals surface area (Å²) >= 11 is 0. The van der Waals surface area contributed by atoms with Crippen LogP contribution in [0.25, 0.3) is 0 Å². The summed E-state index contributed by atoms with van der Waals surface area (Å²) in [5, 5.41) is 20.8. The summed E-state index contributed by atoms with van der Waals surface area (Å²) in [5.74, 6) is 0. The number of hydrogen-bond acceptors (Lipinski definition) is 6. The third-order valence-electron chi connectivity index (χ3n) is 1.62. The average Bonchev–Trinajstić information content (AvgIpc) is 2.12. The first-order valence-electron chi connectivity index (χ1n) is 3.85. The Kier molecular flexibility index (Phi) is 3.95. The van der Waals surface area contributed by atoms with Gasteiger partial charge in [0.25, 0.3) is 0 Å². The van der Waals surface area contributed by atoms with E-state index in [1.54, 1.807) is 0 Å². The van der Waals surface area contributed by atoms with E-state index in [0.717, 1.165) is 11.8 Å². The zero-order valence-corrected chi connectivity index (χ0v) is 8.50. The summed E-state index contributed by atoms with van der Waals surface area (Å²) in [4.78, 5) is 30.5. The number of rotatable bonds is 4. The summed E-state index contributed by atoms with van der Waals surface area (Å²) in [6.07, 6.45) is -0.870. The van der Waals surface area contributed by atoms with Crippen molar-refractivity contribution in [2.75, 3.05) is 20.7 Å². The summed E-state index contributed by atoms with van der Waals surface area (Å²) in [6, 6.07) is 0. The maximum atomic E-state index is 10.9. The van der Waals surface area contributed by atoms with Gasteiger partial charge in [0.1, 0.15) is 9.85 Å². The van der Waals surface area contributed by atoms with Crippen molar-refractivity contribution in [1.29, 1.82) is 0 Å². The zero-order valence-electron chi connectivity index (χ0n) is 8.50. The Bertz CT molecular complexity index is 275. The minimum Gasteiger partial charge on any atom is -0.434 e. The van der Waals surface area contributed by atoms with Crippen LogP contribution in [0.15, 0.2) is 0 Å². The first kappa shape index (κ1) is 13.1. The van der Waals surface area contributed by atoms with Gasteiger partial charge in [-0.1, -0.05) is 0 Å². The van der Waals surface area contributed by atoms with Gasteiger partial charge in [0, 0.05) is 14.1 Å². The topological polar surface area (TPSA) is 116 Å². The Morgan fingerprint density at radius 1 is 1.33 bits per heavy atom. The van der Waals surface area contributed by atoms with Gasteiger partial charge in [-0.05, 0) is 0 Å². The van der Waals surface area contributed by atoms with E-state index < -0.39 is 28.2 Å². The van der Waals surface area contributed by atoms with Crippen molar-refractivity contribution in [2.45, 2.75) is 12.6 Å². The smallest absolute Gasteiger partial charge is 0.434 e. The van der Waals surface area contributed by atoms with Crippen molar-refractivity contribution in [3.63, 3.8) is 0 Å². The van der Waals surface area contributed by atoms with Crippen molar-refractivity contribution < 1.29 is 19.4 Å². The first-order valence-corrected chi connectivity index (χ1v) is 3.85. The van der Waals surface area contributed by atoms with E-state index in [2.05, 4.69) is 4.74 Å². The highest BCUT2D eigenvalue weighted by Crippen LogP contribution is 2.10. The molecule has 0 aliphatic carbocycles. The highest BCUT2D eigenvalue weighted by molar-refractivity contribution is 5.66. The predicted octanol–water partition coefficient (Wildman–Crippen LogP) is -0.0458. The Morgan fingerprint density at radius 2 is 1.73 bits per heavy atom. The molecule has 0 atom stereocenters. The number of hydrogen-bond donors (Lipinski definition) is 0. The molecule has 15 heavy (non-hydrogen) atoms. The minimum atomic E-state index is -2.51. The third-order valence-corrected chi connectivity index (χ3v) is 1.62. The van der Waals surface area contributed by atoms with Crippen LogP contribution in [-0.2, 0) is 4.74 Å². The van der Waals surface area contributed by atoms with Gasteiger partial charge in [0.15, 0.2) is 0 Å². The molecule has 0 aliphatic rings. The molecule has 0 aliphatic heterocycles. The van der Waals surface area contributed by atoms with E-state index in [1.807, 2.05) is 0 Å². The molecule has 0 N–H and O–H groups in total. The van der Waals surface area contributed by atoms with Gasteiger partial charge in [-0.2, -0.15) is 0 Å². The van der Waals surface area contributed by atoms with Crippen molar-refractivity contribution in [3.8, 4) is 0 Å². The maximum Gasteiger partial charge on any atom is 0.488 e. The average molecular weight is 221 g/mol. The summed E-state index contributed by atoms with van der Waals surface area (Å²) in [5.41, 5.74) is -2.51. The van der Waals surface area contributed by atoms with Crippen LogP contribution in [0.2, 0.25) is 0 Å². The molecule has 0 unspecified atom stereocenters. The lowest BCUT2D eigenvalue weighted by atomic mass is 10.2. The molecule has 9 heteroatoms. The molecular weight excluding hydrogens is 210 g/mol. The van der Waals surface area contributed by atoms with E-state index in [1.165, 1.54) is 14.1 Å². The van der Waals surface area contributed by atoms with Crippen molar-refractivity contribution in [1.82, 2.24) is 4.90 Å². The molecule has 0 aromatic carbocycles. The van der Waals surface area contributed by atoms with E-state index in [4.69, 9.17) is 0 Å². The van der Waals surface area contributed by atoms with Crippen LogP contribution in [0.5, 0.6) is 0 Å². The highest BCUT2D eigenvalue weighted by Gasteiger charge is 2.52. The van der Waals surface area contributed by atoms with Gasteiger partial charge in [-0.15, -0.1) is 0 Å². The van der Waals surface area contributed by atoms with Crippen LogP contribution in [0.4, 0.5) is 4.79 Å². The minimum absolute atomic E-state index is 0.774. The third kappa shape index (κ3) is 3.04. The largest absolute Gasteiger partial charge is 0.488 e. The number of nitrogens with zero attached hydrogens (tertiary/aromatic N) is 3. The Labute approximate surface area is 84.9 Å². The number of carbonyl (C=O) groups excluding carboxylic acids is 1. The van der Waals surface area contributed by atoms with Crippen molar-refractivity contribution in [2.24, 2.45) is 0 Å². The molecule has 0 spiro atoms. The van der Waals surface area contributed by atoms with E-state index in [0.29, 0.717) is 0 Å². The Morgan fingerprint density at radius 3 is 2.00 bits per heavy atom. The zero-order chi connectivity index (χ0) is 12.2. The second-order valence-electron chi connectivity index (χ2n) is 3.18. The fraction of sp³-hybridized carbons (Fsp3) is 0.833. The van der Waals surface area contributed by atoms with Gasteiger partial charge in [-0.25, -0.2) is 4.79 Å². The molecular formula is C6H11N3O6. The van der Waals surface area contributed by atoms with E-state index in [9.17, 15) is 25.0 Å². The van der Waals surface area contributed by atoms with Gasteiger partial charge in [-0.3, -0.25) is 20.2 Å². The molecule has 0 saturated heterocycles. The van der Waals surface area contributed by atoms with Crippen LogP contribution < -0.4 is 0 Å². The van der Waals surface area contributed by atoms with Gasteiger partial charge in [0.05, 0.1) is 6.92 Å². The first-order chi connectivity index (χ1) is 6.71. The molecule has 0 rings (SSSR count). The molecule has 0 radical (unpaired) electrons. The maximum absolute atomic E-state index is 10.9. The number of nitro groups is 2. The fourth-order valence-corrected chi connectivity index (χ4v) is 0.500. The molecule has 86 valence electrons. The second-order valence-corrected chi connectivity index (χ2v) is 3.18. The monoisotopic (exact) mass is 221 g/mol. The van der Waals surface area contributed by atoms with Crippen LogP contribution >= 0.6 is 0 Å². The van der Waals surface area contributed by atoms with Crippen LogP contribution in [-0.4, -0.2) is 47.2 Å². The normalized spacial score (nSPS) is 10.6. The van der Waals surface area contributed by atoms with Crippen molar-refractivity contribution >= 4 is 6.09 Å². The van der Waals surface area contributed by atoms with Gasteiger partial charge < -0.3 is 9.64 Å². The highest BCUT2D eigenvalue weighted by atomic mass is 16.7. The summed E-state index contributed by atoms with van der Waals surface area (Å²) in [6.45, 7) is -0.139. The number of amides is 1. The molecule has 0 saturated carbocycles. The van der Waals surface area contributed by atoms with Gasteiger partial charge >= 0.3 is 11.8 Å². The van der Waals surface area contributed by atoms with Crippen LogP contribution in [0.1, 0.15) is 6.92 Å². The van der Waals surface area contributed by atoms with E-state index in [-0.39, 0.29) is 0 Å². The molecule has 1 amide bonds. The van der Waals surface area contributed by atoms with Crippen molar-refractivity contribution in [3.05, 3.63) is 20.2 Å². The number of ether oxygens (including phenoxy) is 1. The quantitative estimate of drug-likeness (QED) is 0.373. The van der Waals surface area contributed by atoms with Crippen LogP contribution in [0, 0.1) is 20.2 Å². The lowest BCUT2D eigenvalue weighted by Crippen LogP contribution is -2.48. The predicted molar refractivity (Wildman–Crippen MR) is 47.4 cm³/mol. The molecule has 0 heterocycles. The van der Waals surface area contributed by atoms with E-state index >= 15 is 0 Å². The molecule has 0 aromatic heterocycles. The summed E-state index contributed by atoms with van der Waals surface area (Å²) in [7, 11) is 2.72. The SMILES string of the molecule is CN(C)C(=O)OCC(C)([N+](=O)[O-])[N+](=O)[O-]. The molecule has 0 bridgehead atoms. The van der Waals surface area contributed by atoms with Gasteiger partial charge in [0.2, 0.25) is 6.61 Å². The summed E-state index contributed by atoms with van der Waals surface area (Å²) < 4.78 is 4.39. The fourth-order valence-electron chi connectivity index (χ4n) is 0.500. The molecule has 0 fully saturated rings. The number of carbonyl (C=O) groups is 1. The molecule has 9 nitrogen and oxygen atoms in total. The molecule has 0 aromatic rings. The lowest BCUT2D eigenvalue weighted by Gasteiger charge is -2.15. The standard InChI is InChI=1S/C6H11N3O6/c1-6(8(11)12,9(13)14)4-15-5(10)7(2)3/h4H2,1-3H3. The van der Waals surface area contributed by atoms with Crippen LogP contribution in [0.3, 0.4) is 0 Å². The Balaban J connectivity index is 4.53.